The lowest BCUT2D eigenvalue weighted by atomic mass is 10.2. The Morgan fingerprint density at radius 3 is 2.41 bits per heavy atom. The standard InChI is InChI=1S/C14H24N2O/c1-11(2)15-9-10-17-14-8-6-5-7-13(14)16-12(3)4/h5-8,11-12,15-16H,9-10H2,1-4H3. The maximum atomic E-state index is 5.76. The van der Waals surface area contributed by atoms with Crippen LogP contribution in [-0.2, 0) is 0 Å². The maximum absolute atomic E-state index is 5.76. The van der Waals surface area contributed by atoms with Crippen molar-refractivity contribution in [1.82, 2.24) is 5.32 Å². The molecule has 0 aliphatic rings. The van der Waals surface area contributed by atoms with Crippen LogP contribution in [0.15, 0.2) is 24.3 Å². The van der Waals surface area contributed by atoms with Gasteiger partial charge >= 0.3 is 0 Å². The topological polar surface area (TPSA) is 33.3 Å². The summed E-state index contributed by atoms with van der Waals surface area (Å²) in [5, 5.41) is 6.71. The van der Waals surface area contributed by atoms with Crippen LogP contribution in [-0.4, -0.2) is 25.2 Å². The second kappa shape index (κ2) is 7.17. The maximum Gasteiger partial charge on any atom is 0.142 e. The predicted molar refractivity (Wildman–Crippen MR) is 73.8 cm³/mol. The Labute approximate surface area is 105 Å². The molecule has 0 saturated carbocycles. The fraction of sp³-hybridized carbons (Fsp3) is 0.571. The summed E-state index contributed by atoms with van der Waals surface area (Å²) in [6.07, 6.45) is 0. The Morgan fingerprint density at radius 1 is 1.06 bits per heavy atom. The number of hydrogen-bond acceptors (Lipinski definition) is 3. The first kappa shape index (κ1) is 13.8. The van der Waals surface area contributed by atoms with E-state index in [0.717, 1.165) is 18.0 Å². The highest BCUT2D eigenvalue weighted by molar-refractivity contribution is 5.56. The highest BCUT2D eigenvalue weighted by atomic mass is 16.5. The molecule has 0 aliphatic carbocycles. The van der Waals surface area contributed by atoms with Crippen molar-refractivity contribution in [1.29, 1.82) is 0 Å². The fourth-order valence-electron chi connectivity index (χ4n) is 1.53. The van der Waals surface area contributed by atoms with E-state index in [1.165, 1.54) is 0 Å². The lowest BCUT2D eigenvalue weighted by Gasteiger charge is -2.16. The van der Waals surface area contributed by atoms with Crippen molar-refractivity contribution in [3.63, 3.8) is 0 Å². The highest BCUT2D eigenvalue weighted by Crippen LogP contribution is 2.24. The predicted octanol–water partition coefficient (Wildman–Crippen LogP) is 2.88. The molecule has 96 valence electrons. The van der Waals surface area contributed by atoms with Gasteiger partial charge in [0.2, 0.25) is 0 Å². The van der Waals surface area contributed by atoms with Gasteiger partial charge in [0.15, 0.2) is 0 Å². The fourth-order valence-corrected chi connectivity index (χ4v) is 1.53. The van der Waals surface area contributed by atoms with Crippen molar-refractivity contribution < 1.29 is 4.74 Å². The van der Waals surface area contributed by atoms with Crippen molar-refractivity contribution >= 4 is 5.69 Å². The normalized spacial score (nSPS) is 10.9. The zero-order valence-electron chi connectivity index (χ0n) is 11.3. The summed E-state index contributed by atoms with van der Waals surface area (Å²) in [4.78, 5) is 0. The summed E-state index contributed by atoms with van der Waals surface area (Å²) in [5.41, 5.74) is 1.06. The average molecular weight is 236 g/mol. The Hall–Kier alpha value is -1.22. The van der Waals surface area contributed by atoms with Crippen LogP contribution >= 0.6 is 0 Å². The Morgan fingerprint density at radius 2 is 1.76 bits per heavy atom. The molecule has 0 amide bonds. The molecule has 3 heteroatoms. The molecule has 0 saturated heterocycles. The molecule has 0 aliphatic heterocycles. The largest absolute Gasteiger partial charge is 0.490 e. The van der Waals surface area contributed by atoms with Gasteiger partial charge in [-0.1, -0.05) is 26.0 Å². The van der Waals surface area contributed by atoms with E-state index in [1.807, 2.05) is 24.3 Å². The van der Waals surface area contributed by atoms with Gasteiger partial charge in [-0.15, -0.1) is 0 Å². The molecular formula is C14H24N2O. The van der Waals surface area contributed by atoms with E-state index in [-0.39, 0.29) is 0 Å². The van der Waals surface area contributed by atoms with Gasteiger partial charge in [-0.25, -0.2) is 0 Å². The summed E-state index contributed by atoms with van der Waals surface area (Å²) < 4.78 is 5.76. The summed E-state index contributed by atoms with van der Waals surface area (Å²) in [6.45, 7) is 10.1. The van der Waals surface area contributed by atoms with Crippen LogP contribution in [0.4, 0.5) is 5.69 Å². The minimum Gasteiger partial charge on any atom is -0.490 e. The van der Waals surface area contributed by atoms with Crippen molar-refractivity contribution in [3.8, 4) is 5.75 Å². The quantitative estimate of drug-likeness (QED) is 0.714. The molecule has 0 bridgehead atoms. The van der Waals surface area contributed by atoms with Gasteiger partial charge in [-0.2, -0.15) is 0 Å². The van der Waals surface area contributed by atoms with Crippen LogP contribution in [0.5, 0.6) is 5.75 Å². The molecule has 0 unspecified atom stereocenters. The van der Waals surface area contributed by atoms with Gasteiger partial charge in [0.05, 0.1) is 5.69 Å². The summed E-state index contributed by atoms with van der Waals surface area (Å²) >= 11 is 0. The molecule has 1 aromatic carbocycles. The smallest absolute Gasteiger partial charge is 0.142 e. The number of para-hydroxylation sites is 2. The number of benzene rings is 1. The molecule has 2 N–H and O–H groups in total. The summed E-state index contributed by atoms with van der Waals surface area (Å²) in [7, 11) is 0. The lowest BCUT2D eigenvalue weighted by Crippen LogP contribution is -2.27. The number of nitrogens with one attached hydrogen (secondary N) is 2. The van der Waals surface area contributed by atoms with Crippen molar-refractivity contribution in [2.45, 2.75) is 39.8 Å². The molecule has 0 radical (unpaired) electrons. The molecule has 0 aromatic heterocycles. The third kappa shape index (κ3) is 5.59. The van der Waals surface area contributed by atoms with Gasteiger partial charge in [-0.3, -0.25) is 0 Å². The Kier molecular flexibility index (Phi) is 5.84. The van der Waals surface area contributed by atoms with E-state index < -0.39 is 0 Å². The molecule has 0 heterocycles. The first-order valence-electron chi connectivity index (χ1n) is 6.31. The van der Waals surface area contributed by atoms with Gasteiger partial charge in [0, 0.05) is 18.6 Å². The van der Waals surface area contributed by atoms with Gasteiger partial charge in [-0.05, 0) is 26.0 Å². The zero-order valence-corrected chi connectivity index (χ0v) is 11.3. The second-order valence-corrected chi connectivity index (χ2v) is 4.75. The molecular weight excluding hydrogens is 212 g/mol. The molecule has 1 aromatic rings. The van der Waals surface area contributed by atoms with Crippen LogP contribution in [0.25, 0.3) is 0 Å². The van der Waals surface area contributed by atoms with Crippen LogP contribution in [0.3, 0.4) is 0 Å². The van der Waals surface area contributed by atoms with E-state index in [0.29, 0.717) is 18.7 Å². The third-order valence-electron chi connectivity index (χ3n) is 2.24. The number of hydrogen-bond donors (Lipinski definition) is 2. The Balaban J connectivity index is 2.46. The summed E-state index contributed by atoms with van der Waals surface area (Å²) in [6, 6.07) is 8.97. The van der Waals surface area contributed by atoms with E-state index in [2.05, 4.69) is 38.3 Å². The first-order valence-corrected chi connectivity index (χ1v) is 6.31. The SMILES string of the molecule is CC(C)NCCOc1ccccc1NC(C)C. The van der Waals surface area contributed by atoms with Crippen molar-refractivity contribution in [3.05, 3.63) is 24.3 Å². The first-order chi connectivity index (χ1) is 8.09. The van der Waals surface area contributed by atoms with E-state index in [9.17, 15) is 0 Å². The molecule has 17 heavy (non-hydrogen) atoms. The number of anilines is 1. The van der Waals surface area contributed by atoms with E-state index in [4.69, 9.17) is 4.74 Å². The van der Waals surface area contributed by atoms with Crippen LogP contribution in [0, 0.1) is 0 Å². The summed E-state index contributed by atoms with van der Waals surface area (Å²) in [5.74, 6) is 0.923. The monoisotopic (exact) mass is 236 g/mol. The molecule has 0 spiro atoms. The third-order valence-corrected chi connectivity index (χ3v) is 2.24. The molecule has 0 fully saturated rings. The average Bonchev–Trinajstić information content (AvgIpc) is 2.25. The lowest BCUT2D eigenvalue weighted by molar-refractivity contribution is 0.310. The van der Waals surface area contributed by atoms with Crippen LogP contribution in [0.1, 0.15) is 27.7 Å². The highest BCUT2D eigenvalue weighted by Gasteiger charge is 2.03. The van der Waals surface area contributed by atoms with Crippen molar-refractivity contribution in [2.24, 2.45) is 0 Å². The molecule has 1 rings (SSSR count). The van der Waals surface area contributed by atoms with Crippen molar-refractivity contribution in [2.75, 3.05) is 18.5 Å². The van der Waals surface area contributed by atoms with Gasteiger partial charge in [0.1, 0.15) is 12.4 Å². The van der Waals surface area contributed by atoms with Crippen LogP contribution < -0.4 is 15.4 Å². The van der Waals surface area contributed by atoms with Gasteiger partial charge in [0.25, 0.3) is 0 Å². The van der Waals surface area contributed by atoms with Gasteiger partial charge < -0.3 is 15.4 Å². The molecule has 0 atom stereocenters. The number of rotatable bonds is 7. The zero-order chi connectivity index (χ0) is 12.7. The van der Waals surface area contributed by atoms with E-state index >= 15 is 0 Å². The Bertz CT molecular complexity index is 324. The second-order valence-electron chi connectivity index (χ2n) is 4.75. The minimum atomic E-state index is 0.411. The number of ether oxygens (including phenoxy) is 1. The minimum absolute atomic E-state index is 0.411. The van der Waals surface area contributed by atoms with Crippen LogP contribution in [0.2, 0.25) is 0 Å². The van der Waals surface area contributed by atoms with E-state index in [1.54, 1.807) is 0 Å². The molecule has 3 nitrogen and oxygen atoms in total.